The van der Waals surface area contributed by atoms with Crippen molar-refractivity contribution in [3.8, 4) is 11.5 Å². The van der Waals surface area contributed by atoms with E-state index in [9.17, 15) is 14.4 Å². The second kappa shape index (κ2) is 9.93. The van der Waals surface area contributed by atoms with Gasteiger partial charge in [-0.05, 0) is 55.7 Å². The molecule has 3 rings (SSSR count). The topological polar surface area (TPSA) is 94.8 Å². The summed E-state index contributed by atoms with van der Waals surface area (Å²) in [6, 6.07) is 11.7. The molecule has 3 aromatic rings. The van der Waals surface area contributed by atoms with Gasteiger partial charge in [0.25, 0.3) is 5.91 Å². The minimum Gasteiger partial charge on any atom is -0.482 e. The van der Waals surface area contributed by atoms with Crippen LogP contribution in [0, 0.1) is 13.8 Å². The van der Waals surface area contributed by atoms with Gasteiger partial charge in [0.15, 0.2) is 6.61 Å². The zero-order valence-electron chi connectivity index (χ0n) is 17.8. The van der Waals surface area contributed by atoms with Crippen molar-refractivity contribution in [2.75, 3.05) is 13.2 Å². The Hall–Kier alpha value is -3.61. The number of carbonyl (C=O) groups is 2. The third kappa shape index (κ3) is 5.51. The standard InChI is InChI=1S/C24H25NO6/c1-4-5-11-25-23(27)19-12-17-9-10-18(13-21(17)31-24(19)28)30-22(26)14-29-20-8-6-7-15(2)16(20)3/h6-10,12-13H,4-5,11,14H2,1-3H3,(H,25,27). The molecule has 0 radical (unpaired) electrons. The van der Waals surface area contributed by atoms with E-state index in [4.69, 9.17) is 13.9 Å². The molecule has 0 aliphatic heterocycles. The lowest BCUT2D eigenvalue weighted by Gasteiger charge is -2.10. The normalized spacial score (nSPS) is 10.7. The van der Waals surface area contributed by atoms with E-state index < -0.39 is 17.5 Å². The molecule has 0 saturated heterocycles. The number of ether oxygens (including phenoxy) is 2. The van der Waals surface area contributed by atoms with Crippen LogP contribution < -0.4 is 20.4 Å². The van der Waals surface area contributed by atoms with Crippen LogP contribution in [0.25, 0.3) is 11.0 Å². The smallest absolute Gasteiger partial charge is 0.349 e. The fourth-order valence-electron chi connectivity index (χ4n) is 2.97. The number of esters is 1. The Balaban J connectivity index is 1.68. The maximum Gasteiger partial charge on any atom is 0.349 e. The minimum atomic E-state index is -0.747. The van der Waals surface area contributed by atoms with Crippen molar-refractivity contribution in [2.24, 2.45) is 0 Å². The number of amides is 1. The highest BCUT2D eigenvalue weighted by atomic mass is 16.6. The van der Waals surface area contributed by atoms with Crippen LogP contribution in [-0.4, -0.2) is 25.0 Å². The van der Waals surface area contributed by atoms with Gasteiger partial charge in [-0.3, -0.25) is 4.79 Å². The molecule has 7 heteroatoms. The molecule has 1 N–H and O–H groups in total. The molecule has 1 aromatic heterocycles. The monoisotopic (exact) mass is 423 g/mol. The average molecular weight is 423 g/mol. The van der Waals surface area contributed by atoms with E-state index in [0.717, 1.165) is 24.0 Å². The highest BCUT2D eigenvalue weighted by Crippen LogP contribution is 2.22. The number of carbonyl (C=O) groups excluding carboxylic acids is 2. The average Bonchev–Trinajstić information content (AvgIpc) is 2.74. The molecule has 0 bridgehead atoms. The van der Waals surface area contributed by atoms with Gasteiger partial charge in [-0.25, -0.2) is 9.59 Å². The Labute approximate surface area is 180 Å². The van der Waals surface area contributed by atoms with Crippen LogP contribution in [0.4, 0.5) is 0 Å². The van der Waals surface area contributed by atoms with Crippen molar-refractivity contribution in [3.63, 3.8) is 0 Å². The van der Waals surface area contributed by atoms with Crippen LogP contribution >= 0.6 is 0 Å². The highest BCUT2D eigenvalue weighted by Gasteiger charge is 2.15. The minimum absolute atomic E-state index is 0.0599. The Kier molecular flexibility index (Phi) is 7.07. The van der Waals surface area contributed by atoms with Crippen molar-refractivity contribution in [3.05, 3.63) is 69.6 Å². The van der Waals surface area contributed by atoms with Gasteiger partial charge in [-0.2, -0.15) is 0 Å². The molecule has 0 fully saturated rings. The molecule has 0 saturated carbocycles. The molecule has 31 heavy (non-hydrogen) atoms. The number of nitrogens with one attached hydrogen (secondary N) is 1. The fourth-order valence-corrected chi connectivity index (χ4v) is 2.97. The first-order valence-electron chi connectivity index (χ1n) is 10.1. The van der Waals surface area contributed by atoms with Gasteiger partial charge in [-0.15, -0.1) is 0 Å². The SMILES string of the molecule is CCCCNC(=O)c1cc2ccc(OC(=O)COc3cccc(C)c3C)cc2oc1=O. The Morgan fingerprint density at radius 1 is 1.10 bits per heavy atom. The molecule has 0 spiro atoms. The Morgan fingerprint density at radius 3 is 2.68 bits per heavy atom. The lowest BCUT2D eigenvalue weighted by Crippen LogP contribution is -2.28. The number of rotatable bonds is 8. The zero-order valence-corrected chi connectivity index (χ0v) is 17.8. The number of fused-ring (bicyclic) bond motifs is 1. The number of unbranched alkanes of at least 4 members (excludes halogenated alkanes) is 1. The fraction of sp³-hybridized carbons (Fsp3) is 0.292. The molecule has 2 aromatic carbocycles. The van der Waals surface area contributed by atoms with E-state index >= 15 is 0 Å². The van der Waals surface area contributed by atoms with E-state index in [1.54, 1.807) is 18.2 Å². The summed E-state index contributed by atoms with van der Waals surface area (Å²) >= 11 is 0. The predicted octanol–water partition coefficient (Wildman–Crippen LogP) is 3.92. The summed E-state index contributed by atoms with van der Waals surface area (Å²) in [6.45, 7) is 6.12. The van der Waals surface area contributed by atoms with Gasteiger partial charge in [0.1, 0.15) is 22.6 Å². The predicted molar refractivity (Wildman–Crippen MR) is 117 cm³/mol. The number of hydrogen-bond acceptors (Lipinski definition) is 6. The molecule has 0 aliphatic carbocycles. The molecule has 1 amide bonds. The first-order valence-corrected chi connectivity index (χ1v) is 10.1. The van der Waals surface area contributed by atoms with Crippen molar-refractivity contribution < 1.29 is 23.5 Å². The maximum atomic E-state index is 12.2. The molecule has 162 valence electrons. The highest BCUT2D eigenvalue weighted by molar-refractivity contribution is 5.96. The molecular formula is C24H25NO6. The van der Waals surface area contributed by atoms with Crippen LogP contribution in [0.3, 0.4) is 0 Å². The van der Waals surface area contributed by atoms with Crippen molar-refractivity contribution in [2.45, 2.75) is 33.6 Å². The number of aryl methyl sites for hydroxylation is 1. The second-order valence-corrected chi connectivity index (χ2v) is 7.22. The zero-order chi connectivity index (χ0) is 22.4. The summed E-state index contributed by atoms with van der Waals surface area (Å²) < 4.78 is 16.1. The van der Waals surface area contributed by atoms with Crippen LogP contribution in [0.1, 0.15) is 41.3 Å². The van der Waals surface area contributed by atoms with Gasteiger partial charge < -0.3 is 19.2 Å². The molecule has 0 atom stereocenters. The molecular weight excluding hydrogens is 398 g/mol. The summed E-state index contributed by atoms with van der Waals surface area (Å²) in [7, 11) is 0. The van der Waals surface area contributed by atoms with Gasteiger partial charge in [0.2, 0.25) is 0 Å². The van der Waals surface area contributed by atoms with E-state index in [1.165, 1.54) is 12.1 Å². The lowest BCUT2D eigenvalue weighted by atomic mass is 10.1. The summed E-state index contributed by atoms with van der Waals surface area (Å²) in [5.41, 5.74) is 1.43. The van der Waals surface area contributed by atoms with Gasteiger partial charge in [0, 0.05) is 18.0 Å². The maximum absolute atomic E-state index is 12.2. The second-order valence-electron chi connectivity index (χ2n) is 7.22. The Morgan fingerprint density at radius 2 is 1.90 bits per heavy atom. The van der Waals surface area contributed by atoms with Crippen LogP contribution in [0.2, 0.25) is 0 Å². The van der Waals surface area contributed by atoms with Crippen molar-refractivity contribution >= 4 is 22.8 Å². The molecule has 0 unspecified atom stereocenters. The summed E-state index contributed by atoms with van der Waals surface area (Å²) in [5.74, 6) is -0.228. The van der Waals surface area contributed by atoms with Crippen molar-refractivity contribution in [1.82, 2.24) is 5.32 Å². The van der Waals surface area contributed by atoms with Crippen molar-refractivity contribution in [1.29, 1.82) is 0 Å². The first kappa shape index (κ1) is 22.1. The Bertz CT molecular complexity index is 1160. The van der Waals surface area contributed by atoms with Gasteiger partial charge in [0.05, 0.1) is 0 Å². The van der Waals surface area contributed by atoms with E-state index in [1.807, 2.05) is 32.9 Å². The van der Waals surface area contributed by atoms with E-state index in [0.29, 0.717) is 17.7 Å². The van der Waals surface area contributed by atoms with Gasteiger partial charge >= 0.3 is 11.6 Å². The van der Waals surface area contributed by atoms with E-state index in [2.05, 4.69) is 5.32 Å². The van der Waals surface area contributed by atoms with Crippen LogP contribution in [0.5, 0.6) is 11.5 Å². The number of hydrogen-bond donors (Lipinski definition) is 1. The molecule has 7 nitrogen and oxygen atoms in total. The van der Waals surface area contributed by atoms with Crippen LogP contribution in [0.15, 0.2) is 51.7 Å². The summed E-state index contributed by atoms with van der Waals surface area (Å²) in [4.78, 5) is 36.5. The van der Waals surface area contributed by atoms with E-state index in [-0.39, 0.29) is 23.5 Å². The number of benzene rings is 2. The summed E-state index contributed by atoms with van der Waals surface area (Å²) in [6.07, 6.45) is 1.76. The van der Waals surface area contributed by atoms with Gasteiger partial charge in [-0.1, -0.05) is 25.5 Å². The molecule has 0 aliphatic rings. The molecule has 1 heterocycles. The third-order valence-electron chi connectivity index (χ3n) is 4.90. The van der Waals surface area contributed by atoms with Crippen LogP contribution in [-0.2, 0) is 4.79 Å². The first-order chi connectivity index (χ1) is 14.9. The lowest BCUT2D eigenvalue weighted by molar-refractivity contribution is -0.136. The largest absolute Gasteiger partial charge is 0.482 e. The third-order valence-corrected chi connectivity index (χ3v) is 4.90. The summed E-state index contributed by atoms with van der Waals surface area (Å²) in [5, 5.41) is 3.24. The quantitative estimate of drug-likeness (QED) is 0.255.